The van der Waals surface area contributed by atoms with Gasteiger partial charge < -0.3 is 10.1 Å². The van der Waals surface area contributed by atoms with Crippen molar-refractivity contribution in [2.45, 2.75) is 45.3 Å². The van der Waals surface area contributed by atoms with Crippen molar-refractivity contribution in [3.05, 3.63) is 69.4 Å². The quantitative estimate of drug-likeness (QED) is 0.607. The zero-order valence-corrected chi connectivity index (χ0v) is 17.4. The standard InChI is InChI=1S/C22H22FN3O3S/c1-14(21(27)24-13-17-5-4-12-30-17)29-22(28)20-18-6-2-3-7-19(18)26(25-20)16-10-8-15(23)9-11-16/h4-5,8-12,14H,2-3,6-7,13H2,1H3,(H,24,27). The second-order valence-corrected chi connectivity index (χ2v) is 8.25. The van der Waals surface area contributed by atoms with Gasteiger partial charge in [-0.1, -0.05) is 6.07 Å². The Kier molecular flexibility index (Phi) is 5.94. The maximum atomic E-state index is 13.3. The molecule has 0 aliphatic heterocycles. The maximum Gasteiger partial charge on any atom is 0.359 e. The number of rotatable bonds is 6. The van der Waals surface area contributed by atoms with Crippen molar-refractivity contribution in [2.75, 3.05) is 0 Å². The lowest BCUT2D eigenvalue weighted by Crippen LogP contribution is -2.35. The zero-order valence-electron chi connectivity index (χ0n) is 16.6. The molecule has 1 amide bonds. The number of thiophene rings is 1. The zero-order chi connectivity index (χ0) is 21.1. The van der Waals surface area contributed by atoms with E-state index in [1.807, 2.05) is 17.5 Å². The normalized spacial score (nSPS) is 14.1. The minimum absolute atomic E-state index is 0.229. The Hall–Kier alpha value is -3.00. The third-order valence-electron chi connectivity index (χ3n) is 5.11. The molecule has 8 heteroatoms. The van der Waals surface area contributed by atoms with Crippen molar-refractivity contribution in [1.82, 2.24) is 15.1 Å². The number of esters is 1. The molecule has 4 rings (SSSR count). The molecule has 1 unspecified atom stereocenters. The number of aromatic nitrogens is 2. The highest BCUT2D eigenvalue weighted by Crippen LogP contribution is 2.27. The summed E-state index contributed by atoms with van der Waals surface area (Å²) < 4.78 is 20.4. The molecule has 1 aromatic carbocycles. The number of fused-ring (bicyclic) bond motifs is 1. The first-order chi connectivity index (χ1) is 14.5. The summed E-state index contributed by atoms with van der Waals surface area (Å²) in [7, 11) is 0. The van der Waals surface area contributed by atoms with Crippen LogP contribution in [0.2, 0.25) is 0 Å². The number of halogens is 1. The van der Waals surface area contributed by atoms with Gasteiger partial charge in [-0.05, 0) is 68.3 Å². The van der Waals surface area contributed by atoms with Crippen LogP contribution in [-0.4, -0.2) is 27.8 Å². The summed E-state index contributed by atoms with van der Waals surface area (Å²) in [5.41, 5.74) is 2.71. The molecule has 1 N–H and O–H groups in total. The lowest BCUT2D eigenvalue weighted by molar-refractivity contribution is -0.129. The van der Waals surface area contributed by atoms with Crippen molar-refractivity contribution in [3.63, 3.8) is 0 Å². The number of benzene rings is 1. The first-order valence-corrected chi connectivity index (χ1v) is 10.8. The second-order valence-electron chi connectivity index (χ2n) is 7.21. The van der Waals surface area contributed by atoms with Gasteiger partial charge in [0.15, 0.2) is 11.8 Å². The van der Waals surface area contributed by atoms with Crippen molar-refractivity contribution >= 4 is 23.2 Å². The van der Waals surface area contributed by atoms with Crippen molar-refractivity contribution in [3.8, 4) is 5.69 Å². The van der Waals surface area contributed by atoms with Crippen LogP contribution < -0.4 is 5.32 Å². The van der Waals surface area contributed by atoms with Crippen LogP contribution in [0.25, 0.3) is 5.69 Å². The van der Waals surface area contributed by atoms with Crippen LogP contribution in [0.5, 0.6) is 0 Å². The third-order valence-corrected chi connectivity index (χ3v) is 5.99. The lowest BCUT2D eigenvalue weighted by atomic mass is 9.95. The average molecular weight is 428 g/mol. The Bertz CT molecular complexity index is 1040. The third kappa shape index (κ3) is 4.28. The number of carbonyl (C=O) groups excluding carboxylic acids is 2. The fraction of sp³-hybridized carbons (Fsp3) is 0.318. The van der Waals surface area contributed by atoms with Gasteiger partial charge in [-0.2, -0.15) is 5.10 Å². The van der Waals surface area contributed by atoms with Crippen LogP contribution in [0, 0.1) is 5.82 Å². The number of amides is 1. The largest absolute Gasteiger partial charge is 0.448 e. The first kappa shape index (κ1) is 20.3. The second kappa shape index (κ2) is 8.79. The summed E-state index contributed by atoms with van der Waals surface area (Å²) in [5.74, 6) is -1.31. The van der Waals surface area contributed by atoms with Gasteiger partial charge in [-0.3, -0.25) is 4.79 Å². The minimum atomic E-state index is -0.937. The Morgan fingerprint density at radius 2 is 2.00 bits per heavy atom. The van der Waals surface area contributed by atoms with E-state index in [9.17, 15) is 14.0 Å². The van der Waals surface area contributed by atoms with Gasteiger partial charge in [0.05, 0.1) is 12.2 Å². The van der Waals surface area contributed by atoms with Crippen LogP contribution in [0.1, 0.15) is 46.4 Å². The molecule has 2 aromatic heterocycles. The fourth-order valence-corrected chi connectivity index (χ4v) is 4.20. The molecule has 3 aromatic rings. The Morgan fingerprint density at radius 1 is 1.23 bits per heavy atom. The predicted octanol–water partition coefficient (Wildman–Crippen LogP) is 3.81. The monoisotopic (exact) mass is 427 g/mol. The van der Waals surface area contributed by atoms with E-state index in [4.69, 9.17) is 4.74 Å². The number of carbonyl (C=O) groups is 2. The van der Waals surface area contributed by atoms with Crippen molar-refractivity contribution < 1.29 is 18.7 Å². The number of nitrogens with zero attached hydrogens (tertiary/aromatic N) is 2. The van der Waals surface area contributed by atoms with E-state index in [-0.39, 0.29) is 17.4 Å². The molecule has 30 heavy (non-hydrogen) atoms. The summed E-state index contributed by atoms with van der Waals surface area (Å²) in [6.07, 6.45) is 2.52. The SMILES string of the molecule is CC(OC(=O)c1nn(-c2ccc(F)cc2)c2c1CCCC2)C(=O)NCc1cccs1. The molecule has 0 saturated carbocycles. The molecule has 2 heterocycles. The summed E-state index contributed by atoms with van der Waals surface area (Å²) in [6, 6.07) is 9.83. The van der Waals surface area contributed by atoms with Gasteiger partial charge in [-0.15, -0.1) is 11.3 Å². The van der Waals surface area contributed by atoms with Crippen molar-refractivity contribution in [1.29, 1.82) is 0 Å². The topological polar surface area (TPSA) is 73.2 Å². The van der Waals surface area contributed by atoms with E-state index in [0.717, 1.165) is 41.8 Å². The van der Waals surface area contributed by atoms with Crippen LogP contribution in [-0.2, 0) is 28.9 Å². The molecule has 0 spiro atoms. The molecule has 6 nitrogen and oxygen atoms in total. The summed E-state index contributed by atoms with van der Waals surface area (Å²) >= 11 is 1.55. The summed E-state index contributed by atoms with van der Waals surface area (Å²) in [5, 5.41) is 9.19. The average Bonchev–Trinajstić information content (AvgIpc) is 3.40. The smallest absolute Gasteiger partial charge is 0.359 e. The van der Waals surface area contributed by atoms with Crippen LogP contribution >= 0.6 is 11.3 Å². The van der Waals surface area contributed by atoms with Crippen LogP contribution in [0.15, 0.2) is 41.8 Å². The summed E-state index contributed by atoms with van der Waals surface area (Å²) in [6.45, 7) is 1.94. The van der Waals surface area contributed by atoms with Crippen LogP contribution in [0.3, 0.4) is 0 Å². The Balaban J connectivity index is 1.50. The lowest BCUT2D eigenvalue weighted by Gasteiger charge is -2.15. The highest BCUT2D eigenvalue weighted by atomic mass is 32.1. The van der Waals surface area contributed by atoms with Crippen LogP contribution in [0.4, 0.5) is 4.39 Å². The highest BCUT2D eigenvalue weighted by molar-refractivity contribution is 7.09. The summed E-state index contributed by atoms with van der Waals surface area (Å²) in [4.78, 5) is 26.2. The molecule has 156 valence electrons. The number of hydrogen-bond acceptors (Lipinski definition) is 5. The van der Waals surface area contributed by atoms with E-state index in [1.165, 1.54) is 12.1 Å². The molecule has 1 atom stereocenters. The van der Waals surface area contributed by atoms with Gasteiger partial charge in [0.1, 0.15) is 5.82 Å². The Labute approximate surface area is 177 Å². The molecular formula is C22H22FN3O3S. The molecule has 1 aliphatic rings. The van der Waals surface area contributed by atoms with Gasteiger partial charge >= 0.3 is 5.97 Å². The molecule has 0 saturated heterocycles. The molecule has 0 fully saturated rings. The first-order valence-electron chi connectivity index (χ1n) is 9.90. The van der Waals surface area contributed by atoms with Gasteiger partial charge in [0, 0.05) is 16.1 Å². The molecule has 0 radical (unpaired) electrons. The maximum absolute atomic E-state index is 13.3. The molecule has 1 aliphatic carbocycles. The number of ether oxygens (including phenoxy) is 1. The van der Waals surface area contributed by atoms with E-state index >= 15 is 0 Å². The van der Waals surface area contributed by atoms with E-state index < -0.39 is 12.1 Å². The van der Waals surface area contributed by atoms with E-state index in [1.54, 1.807) is 35.1 Å². The van der Waals surface area contributed by atoms with Crippen molar-refractivity contribution in [2.24, 2.45) is 0 Å². The molecule has 0 bridgehead atoms. The number of nitrogens with one attached hydrogen (secondary N) is 1. The predicted molar refractivity (Wildman–Crippen MR) is 111 cm³/mol. The van der Waals surface area contributed by atoms with E-state index in [0.29, 0.717) is 12.2 Å². The van der Waals surface area contributed by atoms with Gasteiger partial charge in [-0.25, -0.2) is 13.9 Å². The Morgan fingerprint density at radius 3 is 2.73 bits per heavy atom. The molecular weight excluding hydrogens is 405 g/mol. The highest BCUT2D eigenvalue weighted by Gasteiger charge is 2.28. The minimum Gasteiger partial charge on any atom is -0.448 e. The van der Waals surface area contributed by atoms with Gasteiger partial charge in [0.2, 0.25) is 0 Å². The number of hydrogen-bond donors (Lipinski definition) is 1. The van der Waals surface area contributed by atoms with Gasteiger partial charge in [0.25, 0.3) is 5.91 Å². The van der Waals surface area contributed by atoms with E-state index in [2.05, 4.69) is 10.4 Å². The fourth-order valence-electron chi connectivity index (χ4n) is 3.56.